The monoisotopic (exact) mass is 429 g/mol. The average molecular weight is 430 g/mol. The molecule has 0 aliphatic carbocycles. The molecule has 0 spiro atoms. The van der Waals surface area contributed by atoms with E-state index in [1.54, 1.807) is 6.07 Å². The molecule has 0 bridgehead atoms. The van der Waals surface area contributed by atoms with Crippen molar-refractivity contribution < 1.29 is 9.59 Å². The van der Waals surface area contributed by atoms with E-state index in [-0.39, 0.29) is 17.7 Å². The summed E-state index contributed by atoms with van der Waals surface area (Å²) in [6.45, 7) is 6.76. The van der Waals surface area contributed by atoms with Gasteiger partial charge >= 0.3 is 0 Å². The molecular weight excluding hydrogens is 406 g/mol. The van der Waals surface area contributed by atoms with Crippen molar-refractivity contribution in [2.24, 2.45) is 5.92 Å². The molecule has 1 heterocycles. The van der Waals surface area contributed by atoms with Crippen molar-refractivity contribution in [3.63, 3.8) is 0 Å². The van der Waals surface area contributed by atoms with Crippen molar-refractivity contribution in [2.75, 3.05) is 36.4 Å². The maximum absolute atomic E-state index is 12.7. The molecule has 27 heavy (non-hydrogen) atoms. The van der Waals surface area contributed by atoms with Crippen LogP contribution in [0.1, 0.15) is 24.2 Å². The van der Waals surface area contributed by atoms with Crippen LogP contribution in [0.25, 0.3) is 0 Å². The maximum atomic E-state index is 12.7. The zero-order chi connectivity index (χ0) is 19.4. The van der Waals surface area contributed by atoms with Crippen LogP contribution in [0.15, 0.2) is 53.0 Å². The first-order chi connectivity index (χ1) is 13.0. The summed E-state index contributed by atoms with van der Waals surface area (Å²) in [6.07, 6.45) is 0. The molecule has 2 aromatic carbocycles. The normalized spacial score (nSPS) is 14.4. The summed E-state index contributed by atoms with van der Waals surface area (Å²) >= 11 is 3.43. The number of carbonyl (C=O) groups is 2. The number of piperazine rings is 1. The van der Waals surface area contributed by atoms with Gasteiger partial charge in [0.05, 0.1) is 16.9 Å². The summed E-state index contributed by atoms with van der Waals surface area (Å²) in [6, 6.07) is 15.2. The molecule has 0 aromatic heterocycles. The highest BCUT2D eigenvalue weighted by Crippen LogP contribution is 2.28. The first-order valence-electron chi connectivity index (χ1n) is 9.16. The second-order valence-electron chi connectivity index (χ2n) is 6.92. The lowest BCUT2D eigenvalue weighted by atomic mass is 10.1. The Bertz CT molecular complexity index is 830. The third kappa shape index (κ3) is 4.50. The number of amides is 2. The number of para-hydroxylation sites is 2. The van der Waals surface area contributed by atoms with Gasteiger partial charge < -0.3 is 15.1 Å². The molecular formula is C21H24BrN3O2. The predicted molar refractivity (Wildman–Crippen MR) is 112 cm³/mol. The van der Waals surface area contributed by atoms with E-state index < -0.39 is 0 Å². The van der Waals surface area contributed by atoms with E-state index in [1.807, 2.05) is 61.2 Å². The lowest BCUT2D eigenvalue weighted by molar-refractivity contribution is -0.134. The van der Waals surface area contributed by atoms with Gasteiger partial charge in [0.15, 0.2) is 0 Å². The third-order valence-electron chi connectivity index (χ3n) is 4.70. The number of hydrogen-bond donors (Lipinski definition) is 1. The number of rotatable bonds is 4. The van der Waals surface area contributed by atoms with Crippen LogP contribution >= 0.6 is 15.9 Å². The van der Waals surface area contributed by atoms with E-state index in [1.165, 1.54) is 0 Å². The lowest BCUT2D eigenvalue weighted by Crippen LogP contribution is -2.50. The van der Waals surface area contributed by atoms with E-state index in [4.69, 9.17) is 0 Å². The Balaban J connectivity index is 1.73. The molecule has 2 amide bonds. The summed E-state index contributed by atoms with van der Waals surface area (Å²) in [5, 5.41) is 3.03. The summed E-state index contributed by atoms with van der Waals surface area (Å²) in [4.78, 5) is 29.0. The van der Waals surface area contributed by atoms with E-state index in [2.05, 4.69) is 26.1 Å². The Morgan fingerprint density at radius 3 is 2.26 bits per heavy atom. The van der Waals surface area contributed by atoms with E-state index in [0.717, 1.165) is 28.9 Å². The maximum Gasteiger partial charge on any atom is 0.256 e. The van der Waals surface area contributed by atoms with Crippen molar-refractivity contribution in [3.8, 4) is 0 Å². The molecule has 0 saturated carbocycles. The number of benzene rings is 2. The van der Waals surface area contributed by atoms with Crippen LogP contribution in [-0.4, -0.2) is 42.9 Å². The van der Waals surface area contributed by atoms with Gasteiger partial charge in [-0.05, 0) is 40.2 Å². The highest BCUT2D eigenvalue weighted by atomic mass is 79.9. The molecule has 1 N–H and O–H groups in total. The van der Waals surface area contributed by atoms with Crippen molar-refractivity contribution in [3.05, 3.63) is 58.6 Å². The van der Waals surface area contributed by atoms with Crippen LogP contribution in [0.5, 0.6) is 0 Å². The second kappa shape index (κ2) is 8.57. The molecule has 0 radical (unpaired) electrons. The van der Waals surface area contributed by atoms with Gasteiger partial charge in [0.2, 0.25) is 5.91 Å². The Morgan fingerprint density at radius 1 is 0.963 bits per heavy atom. The third-order valence-corrected chi connectivity index (χ3v) is 5.39. The topological polar surface area (TPSA) is 52.7 Å². The van der Waals surface area contributed by atoms with Crippen molar-refractivity contribution in [1.82, 2.24) is 4.90 Å². The molecule has 0 unspecified atom stereocenters. The van der Waals surface area contributed by atoms with Crippen LogP contribution in [0.4, 0.5) is 11.4 Å². The molecule has 1 fully saturated rings. The molecule has 1 aliphatic heterocycles. The van der Waals surface area contributed by atoms with Gasteiger partial charge in [0.25, 0.3) is 5.91 Å². The molecule has 142 valence electrons. The van der Waals surface area contributed by atoms with Crippen molar-refractivity contribution in [1.29, 1.82) is 0 Å². The number of halogens is 1. The number of anilines is 2. The van der Waals surface area contributed by atoms with E-state index in [9.17, 15) is 9.59 Å². The molecule has 3 rings (SSSR count). The smallest absolute Gasteiger partial charge is 0.256 e. The average Bonchev–Trinajstić information content (AvgIpc) is 2.68. The standard InChI is InChI=1S/C21H24BrN3O2/c1-15(2)21(27)25-13-11-24(12-14-25)19-10-6-5-9-18(19)23-20(26)16-7-3-4-8-17(16)22/h3-10,15H,11-14H2,1-2H3,(H,23,26). The fraction of sp³-hybridized carbons (Fsp3) is 0.333. The van der Waals surface area contributed by atoms with E-state index >= 15 is 0 Å². The number of nitrogens with one attached hydrogen (secondary N) is 1. The zero-order valence-electron chi connectivity index (χ0n) is 15.6. The second-order valence-corrected chi connectivity index (χ2v) is 7.77. The molecule has 6 heteroatoms. The van der Waals surface area contributed by atoms with Crippen LogP contribution in [0.2, 0.25) is 0 Å². The summed E-state index contributed by atoms with van der Waals surface area (Å²) < 4.78 is 0.765. The van der Waals surface area contributed by atoms with E-state index in [0.29, 0.717) is 18.7 Å². The predicted octanol–water partition coefficient (Wildman–Crippen LogP) is 4.01. The summed E-state index contributed by atoms with van der Waals surface area (Å²) in [5.41, 5.74) is 2.36. The quantitative estimate of drug-likeness (QED) is 0.798. The highest BCUT2D eigenvalue weighted by Gasteiger charge is 2.24. The van der Waals surface area contributed by atoms with Crippen molar-refractivity contribution in [2.45, 2.75) is 13.8 Å². The van der Waals surface area contributed by atoms with Gasteiger partial charge in [-0.1, -0.05) is 38.1 Å². The van der Waals surface area contributed by atoms with Gasteiger partial charge in [-0.3, -0.25) is 9.59 Å². The Hall–Kier alpha value is -2.34. The number of carbonyl (C=O) groups excluding carboxylic acids is 2. The molecule has 5 nitrogen and oxygen atoms in total. The minimum atomic E-state index is -0.149. The lowest BCUT2D eigenvalue weighted by Gasteiger charge is -2.37. The molecule has 1 saturated heterocycles. The molecule has 0 atom stereocenters. The van der Waals surface area contributed by atoms with Gasteiger partial charge in [-0.25, -0.2) is 0 Å². The van der Waals surface area contributed by atoms with Crippen LogP contribution in [0, 0.1) is 5.92 Å². The van der Waals surface area contributed by atoms with Crippen LogP contribution in [0.3, 0.4) is 0 Å². The fourth-order valence-electron chi connectivity index (χ4n) is 3.22. The minimum absolute atomic E-state index is 0.0208. The SMILES string of the molecule is CC(C)C(=O)N1CCN(c2ccccc2NC(=O)c2ccccc2Br)CC1. The van der Waals surface area contributed by atoms with Gasteiger partial charge in [-0.2, -0.15) is 0 Å². The summed E-state index contributed by atoms with van der Waals surface area (Å²) in [7, 11) is 0. The minimum Gasteiger partial charge on any atom is -0.366 e. The van der Waals surface area contributed by atoms with Gasteiger partial charge in [0.1, 0.15) is 0 Å². The fourth-order valence-corrected chi connectivity index (χ4v) is 3.69. The number of hydrogen-bond acceptors (Lipinski definition) is 3. The Kier molecular flexibility index (Phi) is 6.16. The first kappa shape index (κ1) is 19.4. The number of nitrogens with zero attached hydrogens (tertiary/aromatic N) is 2. The van der Waals surface area contributed by atoms with Gasteiger partial charge in [-0.15, -0.1) is 0 Å². The van der Waals surface area contributed by atoms with Crippen LogP contribution < -0.4 is 10.2 Å². The Labute approximate surface area is 168 Å². The van der Waals surface area contributed by atoms with Crippen molar-refractivity contribution >= 4 is 39.1 Å². The molecule has 1 aliphatic rings. The highest BCUT2D eigenvalue weighted by molar-refractivity contribution is 9.10. The first-order valence-corrected chi connectivity index (χ1v) is 9.95. The van der Waals surface area contributed by atoms with Gasteiger partial charge in [0, 0.05) is 36.6 Å². The Morgan fingerprint density at radius 2 is 1.59 bits per heavy atom. The zero-order valence-corrected chi connectivity index (χ0v) is 17.2. The van der Waals surface area contributed by atoms with Crippen LogP contribution in [-0.2, 0) is 4.79 Å². The summed E-state index contributed by atoms with van der Waals surface area (Å²) in [5.74, 6) is 0.0705. The largest absolute Gasteiger partial charge is 0.366 e. The molecule has 2 aromatic rings.